The first kappa shape index (κ1) is 16.3. The van der Waals surface area contributed by atoms with Crippen molar-refractivity contribution in [2.24, 2.45) is 0 Å². The van der Waals surface area contributed by atoms with E-state index >= 15 is 0 Å². The highest BCUT2D eigenvalue weighted by Gasteiger charge is 2.36. The van der Waals surface area contributed by atoms with Gasteiger partial charge in [0.2, 0.25) is 5.91 Å². The molecule has 1 atom stereocenters. The SMILES string of the molecule is CN(CCO)C(=O)C1CCCN1C(=O)OCc1ccccc1. The first-order chi connectivity index (χ1) is 10.6. The molecule has 1 aliphatic rings. The fourth-order valence-electron chi connectivity index (χ4n) is 2.56. The van der Waals surface area contributed by atoms with Crippen LogP contribution >= 0.6 is 0 Å². The minimum absolute atomic E-state index is 0.0899. The molecule has 2 rings (SSSR count). The number of nitrogens with zero attached hydrogens (tertiary/aromatic N) is 2. The van der Waals surface area contributed by atoms with Crippen molar-refractivity contribution >= 4 is 12.0 Å². The van der Waals surface area contributed by atoms with Crippen LogP contribution in [0.15, 0.2) is 30.3 Å². The summed E-state index contributed by atoms with van der Waals surface area (Å²) in [6, 6.07) is 8.95. The summed E-state index contributed by atoms with van der Waals surface area (Å²) < 4.78 is 5.30. The highest BCUT2D eigenvalue weighted by molar-refractivity contribution is 5.86. The molecule has 0 bridgehead atoms. The molecule has 0 saturated carbocycles. The summed E-state index contributed by atoms with van der Waals surface area (Å²) in [5.74, 6) is -0.150. The van der Waals surface area contributed by atoms with Crippen LogP contribution in [0.4, 0.5) is 4.79 Å². The number of amides is 2. The average molecular weight is 306 g/mol. The maximum Gasteiger partial charge on any atom is 0.410 e. The zero-order chi connectivity index (χ0) is 15.9. The number of likely N-dealkylation sites (N-methyl/N-ethyl adjacent to an activating group) is 1. The molecule has 0 aromatic heterocycles. The number of carbonyl (C=O) groups is 2. The number of benzene rings is 1. The van der Waals surface area contributed by atoms with Gasteiger partial charge in [0.25, 0.3) is 0 Å². The predicted octanol–water partition coefficient (Wildman–Crippen LogP) is 1.24. The Labute approximate surface area is 130 Å². The molecule has 1 aromatic carbocycles. The fraction of sp³-hybridized carbons (Fsp3) is 0.500. The average Bonchev–Trinajstić information content (AvgIpc) is 3.02. The van der Waals surface area contributed by atoms with E-state index in [1.165, 1.54) is 9.80 Å². The van der Waals surface area contributed by atoms with Gasteiger partial charge >= 0.3 is 6.09 Å². The van der Waals surface area contributed by atoms with Crippen molar-refractivity contribution in [3.63, 3.8) is 0 Å². The number of hydrogen-bond acceptors (Lipinski definition) is 4. The van der Waals surface area contributed by atoms with Crippen molar-refractivity contribution < 1.29 is 19.4 Å². The van der Waals surface area contributed by atoms with E-state index in [0.29, 0.717) is 13.0 Å². The van der Waals surface area contributed by atoms with E-state index in [-0.39, 0.29) is 25.7 Å². The van der Waals surface area contributed by atoms with Gasteiger partial charge in [-0.25, -0.2) is 4.79 Å². The van der Waals surface area contributed by atoms with Crippen LogP contribution in [0.1, 0.15) is 18.4 Å². The molecule has 1 heterocycles. The Balaban J connectivity index is 1.92. The molecule has 0 spiro atoms. The van der Waals surface area contributed by atoms with Gasteiger partial charge in [0, 0.05) is 20.1 Å². The zero-order valence-corrected chi connectivity index (χ0v) is 12.8. The Hall–Kier alpha value is -2.08. The third kappa shape index (κ3) is 3.98. The van der Waals surface area contributed by atoms with E-state index in [1.807, 2.05) is 30.3 Å². The van der Waals surface area contributed by atoms with Gasteiger partial charge in [0.15, 0.2) is 0 Å². The van der Waals surface area contributed by atoms with Crippen LogP contribution in [0, 0.1) is 0 Å². The van der Waals surface area contributed by atoms with Crippen LogP contribution < -0.4 is 0 Å². The van der Waals surface area contributed by atoms with Crippen LogP contribution in [-0.2, 0) is 16.1 Å². The third-order valence-corrected chi connectivity index (χ3v) is 3.79. The summed E-state index contributed by atoms with van der Waals surface area (Å²) in [6.07, 6.45) is 0.955. The lowest BCUT2D eigenvalue weighted by atomic mass is 10.2. The molecule has 1 unspecified atom stereocenters. The number of rotatable bonds is 5. The van der Waals surface area contributed by atoms with Gasteiger partial charge in [-0.1, -0.05) is 30.3 Å². The summed E-state index contributed by atoms with van der Waals surface area (Å²) in [5.41, 5.74) is 0.912. The summed E-state index contributed by atoms with van der Waals surface area (Å²) in [4.78, 5) is 27.4. The van der Waals surface area contributed by atoms with Gasteiger partial charge in [-0.3, -0.25) is 9.69 Å². The largest absolute Gasteiger partial charge is 0.445 e. The lowest BCUT2D eigenvalue weighted by molar-refractivity contribution is -0.134. The van der Waals surface area contributed by atoms with E-state index in [2.05, 4.69) is 0 Å². The Kier molecular flexibility index (Phi) is 5.77. The number of likely N-dealkylation sites (tertiary alicyclic amines) is 1. The molecule has 120 valence electrons. The minimum Gasteiger partial charge on any atom is -0.445 e. The lowest BCUT2D eigenvalue weighted by Gasteiger charge is -2.27. The van der Waals surface area contributed by atoms with Gasteiger partial charge < -0.3 is 14.7 Å². The molecular formula is C16H22N2O4. The Morgan fingerprint density at radius 3 is 2.77 bits per heavy atom. The Bertz CT molecular complexity index is 506. The van der Waals surface area contributed by atoms with E-state index < -0.39 is 12.1 Å². The molecule has 6 heteroatoms. The molecule has 2 amide bonds. The maximum atomic E-state index is 12.3. The molecule has 0 aliphatic carbocycles. The topological polar surface area (TPSA) is 70.1 Å². The number of hydrogen-bond donors (Lipinski definition) is 1. The highest BCUT2D eigenvalue weighted by Crippen LogP contribution is 2.20. The third-order valence-electron chi connectivity index (χ3n) is 3.79. The zero-order valence-electron chi connectivity index (χ0n) is 12.8. The van der Waals surface area contributed by atoms with Gasteiger partial charge in [0.05, 0.1) is 6.61 Å². The molecule has 0 radical (unpaired) electrons. The van der Waals surface area contributed by atoms with Gasteiger partial charge in [-0.15, -0.1) is 0 Å². The van der Waals surface area contributed by atoms with Crippen molar-refractivity contribution in [2.75, 3.05) is 26.7 Å². The number of carbonyl (C=O) groups excluding carboxylic acids is 2. The number of aliphatic hydroxyl groups is 1. The number of aliphatic hydroxyl groups excluding tert-OH is 1. The van der Waals surface area contributed by atoms with Gasteiger partial charge in [-0.05, 0) is 18.4 Å². The van der Waals surface area contributed by atoms with Crippen molar-refractivity contribution in [1.29, 1.82) is 0 Å². The first-order valence-corrected chi connectivity index (χ1v) is 7.46. The van der Waals surface area contributed by atoms with Crippen LogP contribution in [0.25, 0.3) is 0 Å². The second kappa shape index (κ2) is 7.79. The standard InChI is InChI=1S/C16H22N2O4/c1-17(10-11-19)15(20)14-8-5-9-18(14)16(21)22-12-13-6-3-2-4-7-13/h2-4,6-7,14,19H,5,8-12H2,1H3. The minimum atomic E-state index is -0.486. The van der Waals surface area contributed by atoms with Crippen LogP contribution in [0.5, 0.6) is 0 Å². The Morgan fingerprint density at radius 1 is 1.36 bits per heavy atom. The number of ether oxygens (including phenoxy) is 1. The van der Waals surface area contributed by atoms with Crippen molar-refractivity contribution in [3.05, 3.63) is 35.9 Å². The maximum absolute atomic E-state index is 12.3. The first-order valence-electron chi connectivity index (χ1n) is 7.46. The predicted molar refractivity (Wildman–Crippen MR) is 81.1 cm³/mol. The molecular weight excluding hydrogens is 284 g/mol. The van der Waals surface area contributed by atoms with Crippen molar-refractivity contribution in [3.8, 4) is 0 Å². The van der Waals surface area contributed by atoms with E-state index in [4.69, 9.17) is 9.84 Å². The summed E-state index contributed by atoms with van der Waals surface area (Å²) in [6.45, 7) is 0.899. The molecule has 1 saturated heterocycles. The smallest absolute Gasteiger partial charge is 0.410 e. The quantitative estimate of drug-likeness (QED) is 0.888. The molecule has 1 N–H and O–H groups in total. The molecule has 1 fully saturated rings. The normalized spacial score (nSPS) is 17.4. The van der Waals surface area contributed by atoms with E-state index in [9.17, 15) is 9.59 Å². The molecule has 6 nitrogen and oxygen atoms in total. The molecule has 1 aliphatic heterocycles. The summed E-state index contributed by atoms with van der Waals surface area (Å²) >= 11 is 0. The Morgan fingerprint density at radius 2 is 2.09 bits per heavy atom. The second-order valence-corrected chi connectivity index (χ2v) is 5.38. The summed E-state index contributed by atoms with van der Waals surface area (Å²) in [7, 11) is 1.63. The van der Waals surface area contributed by atoms with Crippen LogP contribution in [0.2, 0.25) is 0 Å². The lowest BCUT2D eigenvalue weighted by Crippen LogP contribution is -2.47. The van der Waals surface area contributed by atoms with Gasteiger partial charge in [-0.2, -0.15) is 0 Å². The van der Waals surface area contributed by atoms with Crippen molar-refractivity contribution in [2.45, 2.75) is 25.5 Å². The second-order valence-electron chi connectivity index (χ2n) is 5.38. The van der Waals surface area contributed by atoms with E-state index in [0.717, 1.165) is 12.0 Å². The molecule has 22 heavy (non-hydrogen) atoms. The van der Waals surface area contributed by atoms with Crippen LogP contribution in [0.3, 0.4) is 0 Å². The molecule has 1 aromatic rings. The monoisotopic (exact) mass is 306 g/mol. The van der Waals surface area contributed by atoms with Crippen LogP contribution in [-0.4, -0.2) is 59.7 Å². The highest BCUT2D eigenvalue weighted by atomic mass is 16.6. The summed E-state index contributed by atoms with van der Waals surface area (Å²) in [5, 5.41) is 8.91. The van der Waals surface area contributed by atoms with Crippen molar-refractivity contribution in [1.82, 2.24) is 9.80 Å². The fourth-order valence-corrected chi connectivity index (χ4v) is 2.56. The van der Waals surface area contributed by atoms with Gasteiger partial charge in [0.1, 0.15) is 12.6 Å². The van der Waals surface area contributed by atoms with E-state index in [1.54, 1.807) is 7.05 Å².